The number of aromatic nitrogens is 2. The van der Waals surface area contributed by atoms with Gasteiger partial charge in [-0.05, 0) is 23.6 Å². The summed E-state index contributed by atoms with van der Waals surface area (Å²) in [5.74, 6) is -1.27. The van der Waals surface area contributed by atoms with E-state index >= 15 is 0 Å². The normalized spacial score (nSPS) is 14.2. The zero-order chi connectivity index (χ0) is 19.7. The summed E-state index contributed by atoms with van der Waals surface area (Å²) in [6, 6.07) is 14.5. The molecule has 4 rings (SSSR count). The van der Waals surface area contributed by atoms with E-state index in [1.807, 2.05) is 18.2 Å². The molecular weight excluding hydrogens is 387 g/mol. The number of amides is 1. The largest absolute Gasteiger partial charge is 0.451 e. The van der Waals surface area contributed by atoms with Crippen molar-refractivity contribution in [1.29, 1.82) is 0 Å². The Kier molecular flexibility index (Phi) is 4.97. The highest BCUT2D eigenvalue weighted by atomic mass is 32.2. The van der Waals surface area contributed by atoms with Crippen LogP contribution in [0.5, 0.6) is 0 Å². The number of halogens is 3. The van der Waals surface area contributed by atoms with E-state index in [2.05, 4.69) is 16.0 Å². The second-order valence-corrected chi connectivity index (χ2v) is 7.45. The van der Waals surface area contributed by atoms with Gasteiger partial charge in [-0.1, -0.05) is 54.2 Å². The molecule has 28 heavy (non-hydrogen) atoms. The van der Waals surface area contributed by atoms with E-state index in [4.69, 9.17) is 0 Å². The Bertz CT molecular complexity index is 1040. The van der Waals surface area contributed by atoms with Crippen LogP contribution in [0.2, 0.25) is 0 Å². The molecule has 1 aliphatic rings. The first-order valence-electron chi connectivity index (χ1n) is 8.73. The Balaban J connectivity index is 1.53. The first-order chi connectivity index (χ1) is 13.4. The second-order valence-electron chi connectivity index (χ2n) is 6.49. The van der Waals surface area contributed by atoms with E-state index in [0.29, 0.717) is 18.5 Å². The van der Waals surface area contributed by atoms with E-state index in [-0.39, 0.29) is 22.2 Å². The molecule has 0 N–H and O–H groups in total. The van der Waals surface area contributed by atoms with Crippen molar-refractivity contribution in [3.05, 3.63) is 65.5 Å². The fraction of sp³-hybridized carbons (Fsp3) is 0.250. The van der Waals surface area contributed by atoms with Crippen molar-refractivity contribution in [3.63, 3.8) is 0 Å². The lowest BCUT2D eigenvalue weighted by molar-refractivity contribution is -0.145. The SMILES string of the molecule is O=C(CSc1nc(C(F)(F)F)nc2ccccc12)N1CCc2ccccc2C1. The van der Waals surface area contributed by atoms with Crippen LogP contribution in [0.15, 0.2) is 53.6 Å². The minimum Gasteiger partial charge on any atom is -0.337 e. The van der Waals surface area contributed by atoms with Gasteiger partial charge in [-0.25, -0.2) is 9.97 Å². The zero-order valence-electron chi connectivity index (χ0n) is 14.7. The van der Waals surface area contributed by atoms with Gasteiger partial charge in [0.25, 0.3) is 0 Å². The number of nitrogens with zero attached hydrogens (tertiary/aromatic N) is 3. The molecule has 0 aliphatic carbocycles. The average molecular weight is 403 g/mol. The predicted octanol–water partition coefficient (Wildman–Crippen LogP) is 4.33. The maximum Gasteiger partial charge on any atom is 0.451 e. The quantitative estimate of drug-likeness (QED) is 0.483. The highest BCUT2D eigenvalue weighted by Crippen LogP contribution is 2.32. The molecule has 1 aromatic heterocycles. The van der Waals surface area contributed by atoms with E-state index in [1.54, 1.807) is 23.1 Å². The molecule has 2 heterocycles. The number of thioether (sulfide) groups is 1. The van der Waals surface area contributed by atoms with Gasteiger partial charge in [0.1, 0.15) is 5.03 Å². The molecule has 1 amide bonds. The van der Waals surface area contributed by atoms with Gasteiger partial charge in [0.15, 0.2) is 0 Å². The highest BCUT2D eigenvalue weighted by Gasteiger charge is 2.35. The van der Waals surface area contributed by atoms with E-state index < -0.39 is 12.0 Å². The third-order valence-electron chi connectivity index (χ3n) is 4.64. The fourth-order valence-corrected chi connectivity index (χ4v) is 4.14. The minimum absolute atomic E-state index is 0.0282. The molecule has 1 aliphatic heterocycles. The van der Waals surface area contributed by atoms with Crippen LogP contribution in [0.25, 0.3) is 10.9 Å². The van der Waals surface area contributed by atoms with E-state index in [0.717, 1.165) is 23.7 Å². The molecule has 8 heteroatoms. The van der Waals surface area contributed by atoms with Crippen LogP contribution in [-0.2, 0) is 23.9 Å². The Morgan fingerprint density at radius 1 is 1.04 bits per heavy atom. The number of rotatable bonds is 3. The van der Waals surface area contributed by atoms with Crippen molar-refractivity contribution in [3.8, 4) is 0 Å². The van der Waals surface area contributed by atoms with Gasteiger partial charge in [0, 0.05) is 18.5 Å². The molecule has 0 spiro atoms. The van der Waals surface area contributed by atoms with Crippen molar-refractivity contribution in [1.82, 2.24) is 14.9 Å². The Morgan fingerprint density at radius 3 is 2.54 bits per heavy atom. The molecule has 144 valence electrons. The summed E-state index contributed by atoms with van der Waals surface area (Å²) in [5, 5.41) is 0.681. The summed E-state index contributed by atoms with van der Waals surface area (Å²) >= 11 is 1.02. The van der Waals surface area contributed by atoms with Gasteiger partial charge in [0.05, 0.1) is 11.3 Å². The first-order valence-corrected chi connectivity index (χ1v) is 9.72. The molecule has 0 unspecified atom stereocenters. The standard InChI is InChI=1S/C20H16F3N3OS/c21-20(22,23)19-24-16-8-4-3-7-15(16)18(25-19)28-12-17(27)26-10-9-13-5-1-2-6-14(13)11-26/h1-8H,9-12H2. The average Bonchev–Trinajstić information content (AvgIpc) is 2.70. The first kappa shape index (κ1) is 18.7. The van der Waals surface area contributed by atoms with Crippen molar-refractivity contribution < 1.29 is 18.0 Å². The zero-order valence-corrected chi connectivity index (χ0v) is 15.6. The summed E-state index contributed by atoms with van der Waals surface area (Å²) in [4.78, 5) is 21.7. The summed E-state index contributed by atoms with van der Waals surface area (Å²) in [7, 11) is 0. The van der Waals surface area contributed by atoms with Crippen LogP contribution in [-0.4, -0.2) is 33.1 Å². The molecule has 0 fully saturated rings. The highest BCUT2D eigenvalue weighted by molar-refractivity contribution is 8.00. The number of benzene rings is 2. The number of para-hydroxylation sites is 1. The molecule has 0 radical (unpaired) electrons. The molecule has 0 saturated heterocycles. The molecule has 4 nitrogen and oxygen atoms in total. The van der Waals surface area contributed by atoms with Crippen molar-refractivity contribution in [2.24, 2.45) is 0 Å². The van der Waals surface area contributed by atoms with Gasteiger partial charge < -0.3 is 4.90 Å². The summed E-state index contributed by atoms with van der Waals surface area (Å²) in [6.45, 7) is 1.13. The van der Waals surface area contributed by atoms with E-state index in [1.165, 1.54) is 11.6 Å². The van der Waals surface area contributed by atoms with Crippen LogP contribution in [0.3, 0.4) is 0 Å². The molecule has 2 aromatic carbocycles. The fourth-order valence-electron chi connectivity index (χ4n) is 3.21. The lowest BCUT2D eigenvalue weighted by Crippen LogP contribution is -2.37. The molecule has 3 aromatic rings. The van der Waals surface area contributed by atoms with Gasteiger partial charge in [-0.15, -0.1) is 0 Å². The maximum atomic E-state index is 13.1. The molecule has 0 atom stereocenters. The molecule has 0 saturated carbocycles. The van der Waals surface area contributed by atoms with Crippen LogP contribution in [0.4, 0.5) is 13.2 Å². The number of fused-ring (bicyclic) bond motifs is 2. The monoisotopic (exact) mass is 403 g/mol. The number of hydrogen-bond donors (Lipinski definition) is 0. The lowest BCUT2D eigenvalue weighted by atomic mass is 10.00. The number of hydrogen-bond acceptors (Lipinski definition) is 4. The molecular formula is C20H16F3N3OS. The smallest absolute Gasteiger partial charge is 0.337 e. The predicted molar refractivity (Wildman–Crippen MR) is 101 cm³/mol. The van der Waals surface area contributed by atoms with Gasteiger partial charge in [-0.3, -0.25) is 4.79 Å². The van der Waals surface area contributed by atoms with Gasteiger partial charge in [-0.2, -0.15) is 13.2 Å². The van der Waals surface area contributed by atoms with Crippen LogP contribution >= 0.6 is 11.8 Å². The van der Waals surface area contributed by atoms with Crippen molar-refractivity contribution >= 4 is 28.6 Å². The Morgan fingerprint density at radius 2 is 1.75 bits per heavy atom. The van der Waals surface area contributed by atoms with Crippen molar-refractivity contribution in [2.75, 3.05) is 12.3 Å². The van der Waals surface area contributed by atoms with Crippen LogP contribution in [0.1, 0.15) is 17.0 Å². The Labute approximate surface area is 163 Å². The number of alkyl halides is 3. The lowest BCUT2D eigenvalue weighted by Gasteiger charge is -2.28. The van der Waals surface area contributed by atoms with Gasteiger partial charge in [0.2, 0.25) is 11.7 Å². The third kappa shape index (κ3) is 3.82. The van der Waals surface area contributed by atoms with Gasteiger partial charge >= 0.3 is 6.18 Å². The Hall–Kier alpha value is -2.61. The van der Waals surface area contributed by atoms with Crippen LogP contribution in [0, 0.1) is 0 Å². The number of carbonyl (C=O) groups excluding carboxylic acids is 1. The topological polar surface area (TPSA) is 46.1 Å². The number of carbonyl (C=O) groups is 1. The van der Waals surface area contributed by atoms with Crippen molar-refractivity contribution in [2.45, 2.75) is 24.2 Å². The van der Waals surface area contributed by atoms with Crippen LogP contribution < -0.4 is 0 Å². The second kappa shape index (κ2) is 7.43. The minimum atomic E-state index is -4.64. The summed E-state index contributed by atoms with van der Waals surface area (Å²) in [6.07, 6.45) is -3.86. The summed E-state index contributed by atoms with van der Waals surface area (Å²) in [5.41, 5.74) is 2.56. The third-order valence-corrected chi connectivity index (χ3v) is 5.61. The molecule has 0 bridgehead atoms. The summed E-state index contributed by atoms with van der Waals surface area (Å²) < 4.78 is 39.4. The van der Waals surface area contributed by atoms with E-state index in [9.17, 15) is 18.0 Å². The maximum absolute atomic E-state index is 13.1.